The van der Waals surface area contributed by atoms with E-state index in [0.717, 1.165) is 6.20 Å². The molecule has 0 aliphatic rings. The van der Waals surface area contributed by atoms with E-state index < -0.39 is 33.7 Å². The monoisotopic (exact) mass is 471 g/mol. The molecular formula is C21H30FN3O6S. The summed E-state index contributed by atoms with van der Waals surface area (Å²) in [6.45, 7) is 6.84. The van der Waals surface area contributed by atoms with Crippen LogP contribution in [0.25, 0.3) is 10.8 Å². The molecule has 0 unspecified atom stereocenters. The van der Waals surface area contributed by atoms with E-state index in [9.17, 15) is 17.6 Å². The third-order valence-corrected chi connectivity index (χ3v) is 6.02. The van der Waals surface area contributed by atoms with Crippen LogP contribution in [0, 0.1) is 5.95 Å². The number of pyridine rings is 1. The quantitative estimate of drug-likeness (QED) is 0.540. The lowest BCUT2D eigenvalue weighted by Gasteiger charge is -2.29. The van der Waals surface area contributed by atoms with Gasteiger partial charge in [0, 0.05) is 36.5 Å². The van der Waals surface area contributed by atoms with Crippen molar-refractivity contribution in [1.82, 2.24) is 14.6 Å². The molecule has 1 aromatic heterocycles. The van der Waals surface area contributed by atoms with E-state index in [4.69, 9.17) is 14.6 Å². The number of hydrogen-bond acceptors (Lipinski definition) is 7. The van der Waals surface area contributed by atoms with Crippen molar-refractivity contribution in [2.45, 2.75) is 50.7 Å². The van der Waals surface area contributed by atoms with Gasteiger partial charge in [0.1, 0.15) is 11.4 Å². The molecule has 11 heteroatoms. The second-order valence-corrected chi connectivity index (χ2v) is 10.0. The molecule has 2 N–H and O–H groups in total. The number of carbonyl (C=O) groups excluding carboxylic acids is 1. The Morgan fingerprint density at radius 2 is 2.03 bits per heavy atom. The highest BCUT2D eigenvalue weighted by atomic mass is 32.2. The van der Waals surface area contributed by atoms with Gasteiger partial charge < -0.3 is 19.5 Å². The number of hydrogen-bond donors (Lipinski definition) is 2. The first-order valence-electron chi connectivity index (χ1n) is 10.1. The predicted octanol–water partition coefficient (Wildman–Crippen LogP) is 2.67. The summed E-state index contributed by atoms with van der Waals surface area (Å²) in [7, 11) is -2.77. The number of amides is 1. The summed E-state index contributed by atoms with van der Waals surface area (Å²) in [5.41, 5.74) is -0.727. The van der Waals surface area contributed by atoms with E-state index >= 15 is 0 Å². The van der Waals surface area contributed by atoms with Gasteiger partial charge in [-0.3, -0.25) is 0 Å². The largest absolute Gasteiger partial charge is 0.494 e. The van der Waals surface area contributed by atoms with Gasteiger partial charge in [0.15, 0.2) is 0 Å². The summed E-state index contributed by atoms with van der Waals surface area (Å²) < 4.78 is 53.6. The van der Waals surface area contributed by atoms with Crippen LogP contribution in [0.1, 0.15) is 34.1 Å². The first-order valence-corrected chi connectivity index (χ1v) is 11.6. The fourth-order valence-electron chi connectivity index (χ4n) is 3.13. The van der Waals surface area contributed by atoms with Crippen LogP contribution in [0.15, 0.2) is 29.3 Å². The lowest BCUT2D eigenvalue weighted by atomic mass is 10.1. The molecule has 0 saturated heterocycles. The zero-order chi connectivity index (χ0) is 24.1. The van der Waals surface area contributed by atoms with Crippen molar-refractivity contribution in [2.75, 3.05) is 26.8 Å². The first-order chi connectivity index (χ1) is 14.9. The number of fused-ring (bicyclic) bond motifs is 1. The van der Waals surface area contributed by atoms with Crippen LogP contribution >= 0.6 is 0 Å². The maximum absolute atomic E-state index is 14.2. The highest BCUT2D eigenvalue weighted by molar-refractivity contribution is 7.89. The average molecular weight is 472 g/mol. The second-order valence-electron chi connectivity index (χ2n) is 8.32. The molecule has 0 fully saturated rings. The van der Waals surface area contributed by atoms with Gasteiger partial charge >= 0.3 is 6.09 Å². The number of carbonyl (C=O) groups is 1. The predicted molar refractivity (Wildman–Crippen MR) is 118 cm³/mol. The molecule has 32 heavy (non-hydrogen) atoms. The number of nitrogens with zero attached hydrogens (tertiary/aromatic N) is 2. The van der Waals surface area contributed by atoms with Gasteiger partial charge in [0.05, 0.1) is 18.2 Å². The third-order valence-electron chi connectivity index (χ3n) is 4.39. The molecule has 0 aliphatic carbocycles. The Balaban J connectivity index is 2.31. The number of aromatic nitrogens is 1. The van der Waals surface area contributed by atoms with Crippen LogP contribution in [-0.4, -0.2) is 68.0 Å². The van der Waals surface area contributed by atoms with Crippen molar-refractivity contribution < 1.29 is 32.2 Å². The van der Waals surface area contributed by atoms with Gasteiger partial charge in [-0.25, -0.2) is 22.9 Å². The Labute approximate surface area is 187 Å². The Morgan fingerprint density at radius 3 is 2.62 bits per heavy atom. The molecular weight excluding hydrogens is 441 g/mol. The highest BCUT2D eigenvalue weighted by Gasteiger charge is 2.27. The molecule has 1 heterocycles. The van der Waals surface area contributed by atoms with E-state index in [1.54, 1.807) is 27.7 Å². The van der Waals surface area contributed by atoms with Crippen LogP contribution in [0.2, 0.25) is 0 Å². The van der Waals surface area contributed by atoms with Gasteiger partial charge in [-0.1, -0.05) is 6.07 Å². The number of nitrogens with one attached hydrogen (secondary N) is 1. The van der Waals surface area contributed by atoms with E-state index in [1.807, 2.05) is 0 Å². The molecule has 0 radical (unpaired) electrons. The summed E-state index contributed by atoms with van der Waals surface area (Å²) in [5.74, 6) is -0.695. The van der Waals surface area contributed by atoms with Crippen molar-refractivity contribution >= 4 is 26.9 Å². The van der Waals surface area contributed by atoms with Crippen LogP contribution < -0.4 is 9.46 Å². The number of rotatable bonds is 9. The van der Waals surface area contributed by atoms with Crippen molar-refractivity contribution in [2.24, 2.45) is 0 Å². The van der Waals surface area contributed by atoms with Crippen molar-refractivity contribution in [3.8, 4) is 5.75 Å². The molecule has 1 aromatic carbocycles. The SMILES string of the molecule is COc1cnc(F)c2cccc(S(=O)(=O)N[C@H](C)CN(CCCO)C(=O)OC(C)(C)C)c12. The average Bonchev–Trinajstić information content (AvgIpc) is 2.69. The van der Waals surface area contributed by atoms with Gasteiger partial charge in [-0.05, 0) is 46.2 Å². The fourth-order valence-corrected chi connectivity index (χ4v) is 4.59. The number of aliphatic hydroxyl groups is 1. The normalized spacial score (nSPS) is 13.1. The molecule has 0 spiro atoms. The minimum absolute atomic E-state index is 0.00591. The lowest BCUT2D eigenvalue weighted by molar-refractivity contribution is 0.0229. The standard InChI is InChI=1S/C21H30FN3O6S/c1-14(13-25(10-7-11-26)20(27)31-21(2,3)4)24-32(28,29)17-9-6-8-15-18(17)16(30-5)12-23-19(15)22/h6,8-9,12,14,24,26H,7,10-11,13H2,1-5H3/t14-/m1/s1. The summed E-state index contributed by atoms with van der Waals surface area (Å²) in [4.78, 5) is 17.3. The summed E-state index contributed by atoms with van der Waals surface area (Å²) >= 11 is 0. The molecule has 0 aliphatic heterocycles. The van der Waals surface area contributed by atoms with E-state index in [0.29, 0.717) is 6.42 Å². The Kier molecular flexibility index (Phi) is 8.38. The smallest absolute Gasteiger partial charge is 0.410 e. The Hall–Kier alpha value is -2.50. The van der Waals surface area contributed by atoms with E-state index in [2.05, 4.69) is 9.71 Å². The lowest BCUT2D eigenvalue weighted by Crippen LogP contribution is -2.46. The number of ether oxygens (including phenoxy) is 2. The first kappa shape index (κ1) is 25.8. The summed E-state index contributed by atoms with van der Waals surface area (Å²) in [6.07, 6.45) is 0.821. The topological polar surface area (TPSA) is 118 Å². The van der Waals surface area contributed by atoms with Crippen LogP contribution in [0.4, 0.5) is 9.18 Å². The number of sulfonamides is 1. The van der Waals surface area contributed by atoms with Gasteiger partial charge in [-0.15, -0.1) is 0 Å². The molecule has 2 rings (SSSR count). The Morgan fingerprint density at radius 1 is 1.34 bits per heavy atom. The minimum atomic E-state index is -4.12. The zero-order valence-corrected chi connectivity index (χ0v) is 19.7. The van der Waals surface area contributed by atoms with Crippen molar-refractivity contribution in [3.05, 3.63) is 30.3 Å². The van der Waals surface area contributed by atoms with Crippen LogP contribution in [0.5, 0.6) is 5.75 Å². The van der Waals surface area contributed by atoms with Crippen LogP contribution in [0.3, 0.4) is 0 Å². The zero-order valence-electron chi connectivity index (χ0n) is 18.9. The van der Waals surface area contributed by atoms with E-state index in [1.165, 1.54) is 30.2 Å². The molecule has 0 saturated carbocycles. The van der Waals surface area contributed by atoms with Gasteiger partial charge in [0.2, 0.25) is 16.0 Å². The third kappa shape index (κ3) is 6.50. The number of benzene rings is 1. The van der Waals surface area contributed by atoms with Crippen LogP contribution in [-0.2, 0) is 14.8 Å². The molecule has 1 amide bonds. The van der Waals surface area contributed by atoms with Crippen molar-refractivity contribution in [3.63, 3.8) is 0 Å². The number of halogens is 1. The molecule has 1 atom stereocenters. The van der Waals surface area contributed by atoms with E-state index in [-0.39, 0.29) is 41.1 Å². The molecule has 0 bridgehead atoms. The highest BCUT2D eigenvalue weighted by Crippen LogP contribution is 2.32. The Bertz CT molecular complexity index is 1060. The maximum Gasteiger partial charge on any atom is 0.410 e. The molecule has 178 valence electrons. The summed E-state index contributed by atoms with van der Waals surface area (Å²) in [6, 6.07) is 3.47. The second kappa shape index (κ2) is 10.4. The molecule has 2 aromatic rings. The minimum Gasteiger partial charge on any atom is -0.494 e. The number of aliphatic hydroxyl groups excluding tert-OH is 1. The maximum atomic E-state index is 14.2. The van der Waals surface area contributed by atoms with Gasteiger partial charge in [-0.2, -0.15) is 4.39 Å². The fraction of sp³-hybridized carbons (Fsp3) is 0.524. The van der Waals surface area contributed by atoms with Crippen molar-refractivity contribution in [1.29, 1.82) is 0 Å². The number of methoxy groups -OCH3 is 1. The molecule has 9 nitrogen and oxygen atoms in total. The van der Waals surface area contributed by atoms with Gasteiger partial charge in [0.25, 0.3) is 0 Å². The summed E-state index contributed by atoms with van der Waals surface area (Å²) in [5, 5.41) is 9.22.